The summed E-state index contributed by atoms with van der Waals surface area (Å²) in [5.74, 6) is -0.187. The van der Waals surface area contributed by atoms with E-state index in [-0.39, 0.29) is 11.5 Å². The van der Waals surface area contributed by atoms with Gasteiger partial charge in [0.05, 0.1) is 5.56 Å². The molecule has 1 rings (SSSR count). The van der Waals surface area contributed by atoms with E-state index in [4.69, 9.17) is 0 Å². The monoisotopic (exact) mass is 191 g/mol. The molecule has 0 spiro atoms. The molecule has 0 aromatic heterocycles. The second-order valence-corrected chi connectivity index (χ2v) is 2.96. The number of carbonyl (C=O) groups is 1. The van der Waals surface area contributed by atoms with Gasteiger partial charge in [-0.3, -0.25) is 4.79 Å². The number of rotatable bonds is 3. The Kier molecular flexibility index (Phi) is 3.29. The van der Waals surface area contributed by atoms with E-state index >= 15 is 0 Å². The summed E-state index contributed by atoms with van der Waals surface area (Å²) in [5.41, 5.74) is 1.08. The molecule has 0 aliphatic carbocycles. The SMILES string of the molecule is CNC(C)=CC(=O)c1ccccc1O. The molecule has 0 saturated carbocycles. The smallest absolute Gasteiger partial charge is 0.191 e. The first-order valence-corrected chi connectivity index (χ1v) is 4.33. The number of phenols is 1. The second-order valence-electron chi connectivity index (χ2n) is 2.96. The summed E-state index contributed by atoms with van der Waals surface area (Å²) in [7, 11) is 1.74. The predicted molar refractivity (Wildman–Crippen MR) is 55.3 cm³/mol. The topological polar surface area (TPSA) is 49.3 Å². The van der Waals surface area contributed by atoms with Gasteiger partial charge in [0, 0.05) is 18.8 Å². The van der Waals surface area contributed by atoms with E-state index in [0.29, 0.717) is 5.56 Å². The number of allylic oxidation sites excluding steroid dienone is 2. The lowest BCUT2D eigenvalue weighted by atomic mass is 10.1. The summed E-state index contributed by atoms with van der Waals surface area (Å²) in [6, 6.07) is 6.49. The first kappa shape index (κ1) is 10.3. The summed E-state index contributed by atoms with van der Waals surface area (Å²) >= 11 is 0. The van der Waals surface area contributed by atoms with E-state index in [1.807, 2.05) is 0 Å². The molecule has 0 radical (unpaired) electrons. The molecule has 14 heavy (non-hydrogen) atoms. The Morgan fingerprint density at radius 3 is 2.64 bits per heavy atom. The molecule has 0 fully saturated rings. The molecule has 2 N–H and O–H groups in total. The van der Waals surface area contributed by atoms with Crippen LogP contribution in [0.1, 0.15) is 17.3 Å². The lowest BCUT2D eigenvalue weighted by Gasteiger charge is -2.01. The molecule has 74 valence electrons. The van der Waals surface area contributed by atoms with Crippen molar-refractivity contribution in [2.24, 2.45) is 0 Å². The molecule has 0 aliphatic heterocycles. The Morgan fingerprint density at radius 1 is 1.43 bits per heavy atom. The maximum atomic E-state index is 11.6. The van der Waals surface area contributed by atoms with Crippen molar-refractivity contribution >= 4 is 5.78 Å². The number of phenolic OH excluding ortho intramolecular Hbond substituents is 1. The molecule has 3 nitrogen and oxygen atoms in total. The molecule has 0 heterocycles. The third-order valence-corrected chi connectivity index (χ3v) is 1.91. The van der Waals surface area contributed by atoms with Crippen molar-refractivity contribution in [1.29, 1.82) is 0 Å². The first-order valence-electron chi connectivity index (χ1n) is 4.33. The normalized spacial score (nSPS) is 11.1. The number of hydrogen-bond acceptors (Lipinski definition) is 3. The zero-order valence-corrected chi connectivity index (χ0v) is 8.24. The average Bonchev–Trinajstić information content (AvgIpc) is 2.18. The number of benzene rings is 1. The minimum atomic E-state index is -0.199. The van der Waals surface area contributed by atoms with E-state index in [2.05, 4.69) is 5.32 Å². The van der Waals surface area contributed by atoms with E-state index in [0.717, 1.165) is 5.70 Å². The lowest BCUT2D eigenvalue weighted by Crippen LogP contribution is -2.05. The van der Waals surface area contributed by atoms with Crippen LogP contribution in [-0.4, -0.2) is 17.9 Å². The predicted octanol–water partition coefficient (Wildman–Crippen LogP) is 1.70. The van der Waals surface area contributed by atoms with Gasteiger partial charge in [-0.2, -0.15) is 0 Å². The van der Waals surface area contributed by atoms with Crippen LogP contribution in [0, 0.1) is 0 Å². The average molecular weight is 191 g/mol. The van der Waals surface area contributed by atoms with Gasteiger partial charge < -0.3 is 10.4 Å². The highest BCUT2D eigenvalue weighted by atomic mass is 16.3. The maximum absolute atomic E-state index is 11.6. The third-order valence-electron chi connectivity index (χ3n) is 1.91. The zero-order valence-electron chi connectivity index (χ0n) is 8.24. The van der Waals surface area contributed by atoms with Crippen molar-refractivity contribution in [2.75, 3.05) is 7.05 Å². The highest BCUT2D eigenvalue weighted by Crippen LogP contribution is 2.16. The summed E-state index contributed by atoms with van der Waals surface area (Å²) in [5, 5.41) is 12.2. The highest BCUT2D eigenvalue weighted by molar-refractivity contribution is 6.06. The minimum absolute atomic E-state index is 0.0117. The van der Waals surface area contributed by atoms with Gasteiger partial charge in [0.15, 0.2) is 5.78 Å². The van der Waals surface area contributed by atoms with Crippen LogP contribution in [-0.2, 0) is 0 Å². The molecule has 0 amide bonds. The van der Waals surface area contributed by atoms with Crippen LogP contribution in [0.3, 0.4) is 0 Å². The molecular weight excluding hydrogens is 178 g/mol. The Morgan fingerprint density at radius 2 is 2.07 bits per heavy atom. The van der Waals surface area contributed by atoms with Gasteiger partial charge in [0.1, 0.15) is 5.75 Å². The van der Waals surface area contributed by atoms with E-state index in [9.17, 15) is 9.90 Å². The number of hydrogen-bond donors (Lipinski definition) is 2. The Balaban J connectivity index is 2.96. The van der Waals surface area contributed by atoms with E-state index < -0.39 is 0 Å². The van der Waals surface area contributed by atoms with Gasteiger partial charge in [-0.15, -0.1) is 0 Å². The molecule has 1 aromatic rings. The highest BCUT2D eigenvalue weighted by Gasteiger charge is 2.06. The largest absolute Gasteiger partial charge is 0.507 e. The van der Waals surface area contributed by atoms with Crippen molar-refractivity contribution in [2.45, 2.75) is 6.92 Å². The number of carbonyl (C=O) groups excluding carboxylic acids is 1. The first-order chi connectivity index (χ1) is 6.65. The lowest BCUT2D eigenvalue weighted by molar-refractivity contribution is 0.104. The van der Waals surface area contributed by atoms with Crippen molar-refractivity contribution in [3.05, 3.63) is 41.6 Å². The van der Waals surface area contributed by atoms with Crippen LogP contribution in [0.5, 0.6) is 5.75 Å². The summed E-state index contributed by atoms with van der Waals surface area (Å²) < 4.78 is 0. The molecule has 0 atom stereocenters. The standard InChI is InChI=1S/C11H13NO2/c1-8(12-2)7-11(14)9-5-3-4-6-10(9)13/h3-7,12-13H,1-2H3. The zero-order chi connectivity index (χ0) is 10.6. The number of nitrogens with one attached hydrogen (secondary N) is 1. The van der Waals surface area contributed by atoms with Gasteiger partial charge in [0.2, 0.25) is 0 Å². The Labute approximate surface area is 83.1 Å². The number of ketones is 1. The fourth-order valence-corrected chi connectivity index (χ4v) is 1.03. The van der Waals surface area contributed by atoms with Crippen molar-refractivity contribution in [3.63, 3.8) is 0 Å². The molecule has 0 saturated heterocycles. The molecule has 0 unspecified atom stereocenters. The van der Waals surface area contributed by atoms with Gasteiger partial charge in [-0.25, -0.2) is 0 Å². The van der Waals surface area contributed by atoms with Gasteiger partial charge in [-0.1, -0.05) is 12.1 Å². The third kappa shape index (κ3) is 2.36. The van der Waals surface area contributed by atoms with Crippen LogP contribution in [0.25, 0.3) is 0 Å². The van der Waals surface area contributed by atoms with Gasteiger partial charge in [-0.05, 0) is 19.1 Å². The number of aromatic hydroxyl groups is 1. The maximum Gasteiger partial charge on any atom is 0.191 e. The fraction of sp³-hybridized carbons (Fsp3) is 0.182. The van der Waals surface area contributed by atoms with Gasteiger partial charge in [0.25, 0.3) is 0 Å². The molecular formula is C11H13NO2. The summed E-state index contributed by atoms with van der Waals surface area (Å²) in [6.45, 7) is 1.79. The van der Waals surface area contributed by atoms with Crippen LogP contribution < -0.4 is 5.32 Å². The number of para-hydroxylation sites is 1. The molecule has 1 aromatic carbocycles. The molecule has 3 heteroatoms. The van der Waals surface area contributed by atoms with Crippen LogP contribution >= 0.6 is 0 Å². The fourth-order valence-electron chi connectivity index (χ4n) is 1.03. The minimum Gasteiger partial charge on any atom is -0.507 e. The molecule has 0 bridgehead atoms. The van der Waals surface area contributed by atoms with E-state index in [1.165, 1.54) is 12.1 Å². The Hall–Kier alpha value is -1.77. The molecule has 0 aliphatic rings. The van der Waals surface area contributed by atoms with Crippen LogP contribution in [0.2, 0.25) is 0 Å². The van der Waals surface area contributed by atoms with Crippen LogP contribution in [0.15, 0.2) is 36.0 Å². The van der Waals surface area contributed by atoms with Crippen LogP contribution in [0.4, 0.5) is 0 Å². The van der Waals surface area contributed by atoms with Gasteiger partial charge >= 0.3 is 0 Å². The van der Waals surface area contributed by atoms with Crippen molar-refractivity contribution in [3.8, 4) is 5.75 Å². The van der Waals surface area contributed by atoms with E-state index in [1.54, 1.807) is 32.2 Å². The summed E-state index contributed by atoms with van der Waals surface area (Å²) in [6.07, 6.45) is 1.45. The van der Waals surface area contributed by atoms with Crippen molar-refractivity contribution < 1.29 is 9.90 Å². The quantitative estimate of drug-likeness (QED) is 0.564. The Bertz CT molecular complexity index is 369. The van der Waals surface area contributed by atoms with Crippen molar-refractivity contribution in [1.82, 2.24) is 5.32 Å². The summed E-state index contributed by atoms with van der Waals surface area (Å²) in [4.78, 5) is 11.6. The second kappa shape index (κ2) is 4.46.